The number of aryl methyl sites for hydroxylation is 1. The summed E-state index contributed by atoms with van der Waals surface area (Å²) in [5, 5.41) is 6.43. The molecule has 0 saturated heterocycles. The minimum atomic E-state index is -0.644. The predicted octanol–water partition coefficient (Wildman–Crippen LogP) is 4.40. The van der Waals surface area contributed by atoms with Gasteiger partial charge in [0.15, 0.2) is 5.13 Å². The maximum Gasteiger partial charge on any atom is 0.251 e. The molecule has 0 unspecified atom stereocenters. The third kappa shape index (κ3) is 5.86. The molecule has 2 aromatic carbocycles. The monoisotopic (exact) mass is 462 g/mol. The quantitative estimate of drug-likeness (QED) is 0.546. The van der Waals surface area contributed by atoms with E-state index in [0.29, 0.717) is 10.7 Å². The van der Waals surface area contributed by atoms with Crippen LogP contribution < -0.4 is 10.6 Å². The molecule has 0 aliphatic carbocycles. The number of thiazole rings is 1. The van der Waals surface area contributed by atoms with E-state index in [1.807, 2.05) is 39.0 Å². The van der Waals surface area contributed by atoms with E-state index < -0.39 is 6.04 Å². The molecule has 33 heavy (non-hydrogen) atoms. The number of anilines is 1. The number of nitrogens with one attached hydrogen (secondary N) is 2. The van der Waals surface area contributed by atoms with E-state index in [1.54, 1.807) is 12.1 Å². The van der Waals surface area contributed by atoms with Gasteiger partial charge in [0, 0.05) is 36.5 Å². The number of nitrogens with zero attached hydrogens (tertiary/aromatic N) is 2. The summed E-state index contributed by atoms with van der Waals surface area (Å²) < 4.78 is 0. The molecule has 2 N–H and O–H groups in total. The first-order valence-corrected chi connectivity index (χ1v) is 12.1. The van der Waals surface area contributed by atoms with Crippen molar-refractivity contribution >= 4 is 28.3 Å². The van der Waals surface area contributed by atoms with Gasteiger partial charge in [0.05, 0.1) is 5.69 Å². The molecular formula is C26H30N4O2S. The van der Waals surface area contributed by atoms with Crippen LogP contribution in [0.1, 0.15) is 45.9 Å². The Balaban J connectivity index is 1.39. The fourth-order valence-electron chi connectivity index (χ4n) is 3.93. The minimum absolute atomic E-state index is 0.0599. The van der Waals surface area contributed by atoms with Gasteiger partial charge in [0.25, 0.3) is 5.91 Å². The number of carbonyl (C=O) groups is 2. The number of rotatable bonds is 7. The minimum Gasteiger partial charge on any atom is -0.340 e. The molecule has 1 aliphatic rings. The zero-order valence-electron chi connectivity index (χ0n) is 19.3. The normalized spacial score (nSPS) is 14.5. The van der Waals surface area contributed by atoms with Gasteiger partial charge in [-0.1, -0.05) is 61.9 Å². The van der Waals surface area contributed by atoms with Crippen LogP contribution >= 0.6 is 11.3 Å². The predicted molar refractivity (Wildman–Crippen MR) is 132 cm³/mol. The molecule has 6 nitrogen and oxygen atoms in total. The maximum atomic E-state index is 13.0. The molecule has 0 radical (unpaired) electrons. The van der Waals surface area contributed by atoms with Gasteiger partial charge in [-0.05, 0) is 30.5 Å². The van der Waals surface area contributed by atoms with Gasteiger partial charge >= 0.3 is 0 Å². The number of carbonyl (C=O) groups excluding carboxylic acids is 2. The molecule has 0 spiro atoms. The van der Waals surface area contributed by atoms with Gasteiger partial charge in [-0.3, -0.25) is 14.5 Å². The lowest BCUT2D eigenvalue weighted by atomic mass is 10.0. The second-order valence-corrected chi connectivity index (χ2v) is 9.97. The van der Waals surface area contributed by atoms with Crippen LogP contribution in [0.2, 0.25) is 0 Å². The highest BCUT2D eigenvalue weighted by molar-refractivity contribution is 7.15. The molecule has 0 saturated carbocycles. The van der Waals surface area contributed by atoms with Gasteiger partial charge in [0.2, 0.25) is 5.91 Å². The average Bonchev–Trinajstić information content (AvgIpc) is 3.19. The third-order valence-electron chi connectivity index (χ3n) is 5.84. The summed E-state index contributed by atoms with van der Waals surface area (Å²) in [6.07, 6.45) is 0.867. The topological polar surface area (TPSA) is 74.3 Å². The fourth-order valence-corrected chi connectivity index (χ4v) is 4.98. The molecule has 1 aliphatic heterocycles. The summed E-state index contributed by atoms with van der Waals surface area (Å²) >= 11 is 1.53. The summed E-state index contributed by atoms with van der Waals surface area (Å²) in [4.78, 5) is 34.0. The second-order valence-electron chi connectivity index (χ2n) is 8.89. The van der Waals surface area contributed by atoms with E-state index in [4.69, 9.17) is 0 Å². The Hall–Kier alpha value is -3.03. The highest BCUT2D eigenvalue weighted by Gasteiger charge is 2.27. The third-order valence-corrected chi connectivity index (χ3v) is 6.84. The fraction of sp³-hybridized carbons (Fsp3) is 0.346. The van der Waals surface area contributed by atoms with E-state index in [0.717, 1.165) is 37.3 Å². The molecule has 1 atom stereocenters. The van der Waals surface area contributed by atoms with Crippen molar-refractivity contribution < 1.29 is 9.59 Å². The van der Waals surface area contributed by atoms with Crippen LogP contribution in [-0.2, 0) is 24.3 Å². The molecular weight excluding hydrogens is 432 g/mol. The van der Waals surface area contributed by atoms with Crippen molar-refractivity contribution in [1.82, 2.24) is 15.2 Å². The van der Waals surface area contributed by atoms with Crippen molar-refractivity contribution in [2.75, 3.05) is 11.9 Å². The van der Waals surface area contributed by atoms with Crippen LogP contribution in [-0.4, -0.2) is 34.3 Å². The first kappa shape index (κ1) is 23.1. The lowest BCUT2D eigenvalue weighted by Gasteiger charge is -2.25. The first-order valence-electron chi connectivity index (χ1n) is 11.3. The number of fused-ring (bicyclic) bond motifs is 1. The van der Waals surface area contributed by atoms with Gasteiger partial charge in [0.1, 0.15) is 6.04 Å². The second kappa shape index (κ2) is 10.3. The Kier molecular flexibility index (Phi) is 7.20. The largest absolute Gasteiger partial charge is 0.340 e. The van der Waals surface area contributed by atoms with Crippen molar-refractivity contribution in [3.8, 4) is 0 Å². The molecule has 7 heteroatoms. The average molecular weight is 463 g/mol. The lowest BCUT2D eigenvalue weighted by Crippen LogP contribution is -2.47. The van der Waals surface area contributed by atoms with E-state index >= 15 is 0 Å². The van der Waals surface area contributed by atoms with Crippen LogP contribution in [0.25, 0.3) is 0 Å². The molecule has 1 aromatic heterocycles. The first-order chi connectivity index (χ1) is 15.9. The van der Waals surface area contributed by atoms with Crippen molar-refractivity contribution in [2.45, 2.75) is 46.3 Å². The molecule has 2 amide bonds. The zero-order valence-corrected chi connectivity index (χ0v) is 20.1. The van der Waals surface area contributed by atoms with Crippen molar-refractivity contribution in [2.24, 2.45) is 5.92 Å². The smallest absolute Gasteiger partial charge is 0.251 e. The maximum absolute atomic E-state index is 13.0. The van der Waals surface area contributed by atoms with Crippen LogP contribution in [0.3, 0.4) is 0 Å². The Bertz CT molecular complexity index is 1110. The SMILES string of the molecule is Cc1ccc(C(=O)N[C@H](C(=O)Nc2nc3c(s2)CN(Cc2ccccc2)CC3)C(C)C)cc1. The molecule has 3 aromatic rings. The molecule has 4 rings (SSSR count). The van der Waals surface area contributed by atoms with E-state index in [1.165, 1.54) is 21.8 Å². The number of hydrogen-bond donors (Lipinski definition) is 2. The standard InChI is InChI=1S/C26H30N4O2S/c1-17(2)23(28-24(31)20-11-9-18(3)10-12-20)25(32)29-26-27-21-13-14-30(16-22(21)33-26)15-19-7-5-4-6-8-19/h4-12,17,23H,13-16H2,1-3H3,(H,28,31)(H,27,29,32)/t23-/m0/s1. The van der Waals surface area contributed by atoms with E-state index in [9.17, 15) is 9.59 Å². The molecule has 2 heterocycles. The summed E-state index contributed by atoms with van der Waals surface area (Å²) in [6, 6.07) is 17.1. The Labute approximate surface area is 199 Å². The Morgan fingerprint density at radius 2 is 1.82 bits per heavy atom. The van der Waals surface area contributed by atoms with Gasteiger partial charge in [-0.2, -0.15) is 0 Å². The Morgan fingerprint density at radius 1 is 1.09 bits per heavy atom. The van der Waals surface area contributed by atoms with Crippen LogP contribution in [0.15, 0.2) is 54.6 Å². The number of aromatic nitrogens is 1. The van der Waals surface area contributed by atoms with E-state index in [-0.39, 0.29) is 17.7 Å². The van der Waals surface area contributed by atoms with Crippen molar-refractivity contribution in [3.63, 3.8) is 0 Å². The number of amides is 2. The van der Waals surface area contributed by atoms with Crippen LogP contribution in [0.4, 0.5) is 5.13 Å². The molecule has 0 bridgehead atoms. The van der Waals surface area contributed by atoms with Crippen LogP contribution in [0.5, 0.6) is 0 Å². The van der Waals surface area contributed by atoms with Gasteiger partial charge in [-0.15, -0.1) is 11.3 Å². The molecule has 0 fully saturated rings. The van der Waals surface area contributed by atoms with Crippen molar-refractivity contribution in [3.05, 3.63) is 81.9 Å². The molecule has 172 valence electrons. The number of hydrogen-bond acceptors (Lipinski definition) is 5. The number of benzene rings is 2. The van der Waals surface area contributed by atoms with E-state index in [2.05, 4.69) is 44.8 Å². The zero-order chi connectivity index (χ0) is 23.4. The summed E-state index contributed by atoms with van der Waals surface area (Å²) in [5.41, 5.74) is 3.98. The van der Waals surface area contributed by atoms with Gasteiger partial charge in [-0.25, -0.2) is 4.98 Å². The highest BCUT2D eigenvalue weighted by Crippen LogP contribution is 2.29. The lowest BCUT2D eigenvalue weighted by molar-refractivity contribution is -0.118. The van der Waals surface area contributed by atoms with Gasteiger partial charge < -0.3 is 10.6 Å². The highest BCUT2D eigenvalue weighted by atomic mass is 32.1. The van der Waals surface area contributed by atoms with Crippen molar-refractivity contribution in [1.29, 1.82) is 0 Å². The van der Waals surface area contributed by atoms with Crippen LogP contribution in [0, 0.1) is 12.8 Å². The summed E-state index contributed by atoms with van der Waals surface area (Å²) in [7, 11) is 0. The Morgan fingerprint density at radius 3 is 2.52 bits per heavy atom. The summed E-state index contributed by atoms with van der Waals surface area (Å²) in [6.45, 7) is 8.50. The summed E-state index contributed by atoms with van der Waals surface area (Å²) in [5.74, 6) is -0.549.